The van der Waals surface area contributed by atoms with E-state index in [-0.39, 0.29) is 0 Å². The molecule has 0 saturated heterocycles. The fourth-order valence-electron chi connectivity index (χ4n) is 0.202. The smallest absolute Gasteiger partial charge is 0.394 e. The number of carbonyl (C=O) groups is 2. The van der Waals surface area contributed by atoms with Gasteiger partial charge in [-0.15, -0.1) is 0 Å². The van der Waals surface area contributed by atoms with Gasteiger partial charge in [0, 0.05) is 13.8 Å². The molecule has 7 nitrogen and oxygen atoms in total. The quantitative estimate of drug-likeness (QED) is 0.300. The monoisotopic (exact) mass is 318 g/mol. The molecule has 0 rings (SSSR count). The van der Waals surface area contributed by atoms with E-state index in [2.05, 4.69) is 4.74 Å². The number of carbonyl (C=O) groups excluding carboxylic acids is 2. The van der Waals surface area contributed by atoms with Crippen molar-refractivity contribution in [2.24, 2.45) is 0 Å². The van der Waals surface area contributed by atoms with E-state index in [1.54, 1.807) is 0 Å². The van der Waals surface area contributed by atoms with Crippen molar-refractivity contribution in [3.63, 3.8) is 0 Å². The molecule has 0 aromatic heterocycles. The zero-order valence-corrected chi connectivity index (χ0v) is 11.1. The Kier molecular flexibility index (Phi) is 15.1. The van der Waals surface area contributed by atoms with E-state index >= 15 is 0 Å². The molecule has 16 heavy (non-hydrogen) atoms. The van der Waals surface area contributed by atoms with Crippen LogP contribution in [-0.4, -0.2) is 33.8 Å². The largest absolute Gasteiger partial charge is 0.394 e. The molecular formula is C5H9Cl3O7S. The van der Waals surface area contributed by atoms with Crippen LogP contribution >= 0.6 is 34.8 Å². The first kappa shape index (κ1) is 21.2. The van der Waals surface area contributed by atoms with Crippen LogP contribution in [0.25, 0.3) is 0 Å². The zero-order chi connectivity index (χ0) is 13.9. The second-order valence-electron chi connectivity index (χ2n) is 1.78. The van der Waals surface area contributed by atoms with E-state index in [1.165, 1.54) is 13.8 Å². The van der Waals surface area contributed by atoms with Crippen LogP contribution in [0.15, 0.2) is 0 Å². The molecule has 0 aliphatic heterocycles. The lowest BCUT2D eigenvalue weighted by atomic mass is 10.7. The molecule has 0 bridgehead atoms. The van der Waals surface area contributed by atoms with Crippen LogP contribution in [-0.2, 0) is 24.7 Å². The third kappa shape index (κ3) is 153. The van der Waals surface area contributed by atoms with Crippen LogP contribution in [0.3, 0.4) is 0 Å². The molecule has 0 aromatic carbocycles. The number of hydrogen-bond acceptors (Lipinski definition) is 5. The minimum absolute atomic E-state index is 0.562. The lowest BCUT2D eigenvalue weighted by Gasteiger charge is -1.87. The van der Waals surface area contributed by atoms with Crippen LogP contribution in [0.4, 0.5) is 0 Å². The SMILES string of the molecule is CC(=O)OC(C)=O.ClC(Cl)Cl.O=S(=O)(O)O. The standard InChI is InChI=1S/C4H6O3.CHCl3.H2O4S/c1-3(5)7-4(2)6;2-1(3)4;1-5(2,3)4/h1-2H3;1H;(H2,1,2,3,4). The molecule has 0 saturated carbocycles. The first-order valence-electron chi connectivity index (χ1n) is 3.17. The highest BCUT2D eigenvalue weighted by molar-refractivity contribution is 7.79. The van der Waals surface area contributed by atoms with Crippen LogP contribution < -0.4 is 0 Å². The van der Waals surface area contributed by atoms with E-state index in [0.29, 0.717) is 0 Å². The first-order valence-corrected chi connectivity index (χ1v) is 5.88. The van der Waals surface area contributed by atoms with E-state index in [0.717, 1.165) is 0 Å². The van der Waals surface area contributed by atoms with Crippen molar-refractivity contribution in [3.8, 4) is 0 Å². The molecule has 0 unspecified atom stereocenters. The van der Waals surface area contributed by atoms with Gasteiger partial charge in [-0.05, 0) is 0 Å². The molecule has 0 heterocycles. The second kappa shape index (κ2) is 11.4. The number of alkyl halides is 3. The Bertz CT molecular complexity index is 276. The molecule has 2 N–H and O–H groups in total. The Morgan fingerprint density at radius 1 is 1.06 bits per heavy atom. The van der Waals surface area contributed by atoms with Gasteiger partial charge in [0.25, 0.3) is 0 Å². The Hall–Kier alpha value is -0.120. The summed E-state index contributed by atoms with van der Waals surface area (Å²) in [4.78, 5) is 19.6. The van der Waals surface area contributed by atoms with Crippen molar-refractivity contribution in [3.05, 3.63) is 0 Å². The van der Waals surface area contributed by atoms with E-state index in [1.807, 2.05) is 0 Å². The third-order valence-electron chi connectivity index (χ3n) is 0.287. The molecule has 11 heteroatoms. The number of ether oxygens (including phenoxy) is 1. The van der Waals surface area contributed by atoms with Crippen molar-refractivity contribution in [1.82, 2.24) is 0 Å². The van der Waals surface area contributed by atoms with Gasteiger partial charge in [-0.2, -0.15) is 8.42 Å². The first-order chi connectivity index (χ1) is 6.86. The Balaban J connectivity index is -0.000000166. The zero-order valence-electron chi connectivity index (χ0n) is 8.06. The van der Waals surface area contributed by atoms with Gasteiger partial charge in [0.15, 0.2) is 4.30 Å². The molecule has 0 spiro atoms. The molecule has 0 amide bonds. The van der Waals surface area contributed by atoms with E-state index in [9.17, 15) is 9.59 Å². The maximum atomic E-state index is 9.81. The number of esters is 2. The Morgan fingerprint density at radius 3 is 1.19 bits per heavy atom. The van der Waals surface area contributed by atoms with Crippen molar-refractivity contribution < 1.29 is 31.8 Å². The topological polar surface area (TPSA) is 118 Å². The average molecular weight is 320 g/mol. The second-order valence-corrected chi connectivity index (χ2v) is 4.66. The van der Waals surface area contributed by atoms with Crippen LogP contribution in [0.2, 0.25) is 0 Å². The van der Waals surface area contributed by atoms with Gasteiger partial charge in [0.05, 0.1) is 0 Å². The van der Waals surface area contributed by atoms with Crippen molar-refractivity contribution in [2.45, 2.75) is 18.1 Å². The minimum Gasteiger partial charge on any atom is -0.394 e. The fourth-order valence-corrected chi connectivity index (χ4v) is 0.202. The Morgan fingerprint density at radius 2 is 1.19 bits per heavy atom. The van der Waals surface area contributed by atoms with Crippen molar-refractivity contribution in [2.75, 3.05) is 0 Å². The Labute approximate surface area is 107 Å². The molecule has 0 aliphatic carbocycles. The lowest BCUT2D eigenvalue weighted by Crippen LogP contribution is -2.03. The summed E-state index contributed by atoms with van der Waals surface area (Å²) < 4.78 is 34.8. The van der Waals surface area contributed by atoms with Gasteiger partial charge in [-0.25, -0.2) is 0 Å². The van der Waals surface area contributed by atoms with Gasteiger partial charge < -0.3 is 4.74 Å². The highest BCUT2D eigenvalue weighted by atomic mass is 35.6. The molecular weight excluding hydrogens is 310 g/mol. The molecule has 0 fully saturated rings. The lowest BCUT2D eigenvalue weighted by molar-refractivity contribution is -0.156. The van der Waals surface area contributed by atoms with Gasteiger partial charge in [0.1, 0.15) is 0 Å². The van der Waals surface area contributed by atoms with Crippen molar-refractivity contribution >= 4 is 57.1 Å². The van der Waals surface area contributed by atoms with Gasteiger partial charge in [0.2, 0.25) is 0 Å². The van der Waals surface area contributed by atoms with Crippen molar-refractivity contribution in [1.29, 1.82) is 0 Å². The maximum absolute atomic E-state index is 9.81. The normalized spacial score (nSPS) is 9.25. The predicted octanol–water partition coefficient (Wildman–Crippen LogP) is 1.43. The summed E-state index contributed by atoms with van der Waals surface area (Å²) in [6.45, 7) is 2.36. The maximum Gasteiger partial charge on any atom is 0.394 e. The summed E-state index contributed by atoms with van der Waals surface area (Å²) >= 11 is 14.4. The van der Waals surface area contributed by atoms with Crippen LogP contribution in [0.1, 0.15) is 13.8 Å². The molecule has 0 aromatic rings. The summed E-state index contributed by atoms with van der Waals surface area (Å²) in [5.41, 5.74) is 0. The summed E-state index contributed by atoms with van der Waals surface area (Å²) in [5, 5.41) is 0. The number of rotatable bonds is 0. The summed E-state index contributed by atoms with van der Waals surface area (Å²) in [5.74, 6) is -1.12. The predicted molar refractivity (Wildman–Crippen MR) is 58.0 cm³/mol. The highest BCUT2D eigenvalue weighted by Gasteiger charge is 1.93. The number of halogens is 3. The third-order valence-corrected chi connectivity index (χ3v) is 0.287. The fraction of sp³-hybridized carbons (Fsp3) is 0.600. The summed E-state index contributed by atoms with van der Waals surface area (Å²) in [6.07, 6.45) is 0. The van der Waals surface area contributed by atoms with E-state index in [4.69, 9.17) is 52.3 Å². The molecule has 0 aliphatic rings. The minimum atomic E-state index is -4.67. The molecule has 0 radical (unpaired) electrons. The number of hydrogen-bond donors (Lipinski definition) is 2. The van der Waals surface area contributed by atoms with Gasteiger partial charge >= 0.3 is 22.3 Å². The van der Waals surface area contributed by atoms with Crippen LogP contribution in [0.5, 0.6) is 0 Å². The van der Waals surface area contributed by atoms with Crippen LogP contribution in [0, 0.1) is 0 Å². The molecule has 0 atom stereocenters. The highest BCUT2D eigenvalue weighted by Crippen LogP contribution is 2.03. The van der Waals surface area contributed by atoms with Gasteiger partial charge in [-0.3, -0.25) is 18.7 Å². The summed E-state index contributed by atoms with van der Waals surface area (Å²) in [7, 11) is -4.67. The molecule has 98 valence electrons. The summed E-state index contributed by atoms with van der Waals surface area (Å²) in [6, 6.07) is 0. The van der Waals surface area contributed by atoms with E-state index < -0.39 is 26.6 Å². The average Bonchev–Trinajstić information content (AvgIpc) is 1.74. The van der Waals surface area contributed by atoms with Gasteiger partial charge in [-0.1, -0.05) is 34.8 Å².